The van der Waals surface area contributed by atoms with E-state index < -0.39 is 17.7 Å². The van der Waals surface area contributed by atoms with Crippen LogP contribution in [0.1, 0.15) is 45.3 Å². The molecule has 3 rings (SSSR count). The van der Waals surface area contributed by atoms with E-state index in [1.807, 2.05) is 6.07 Å². The second-order valence-corrected chi connectivity index (χ2v) is 8.17. The molecule has 0 unspecified atom stereocenters. The summed E-state index contributed by atoms with van der Waals surface area (Å²) in [6, 6.07) is 6.42. The number of nitrogens with one attached hydrogen (secondary N) is 2. The normalized spacial score (nSPS) is 12.7. The van der Waals surface area contributed by atoms with Crippen molar-refractivity contribution in [3.63, 3.8) is 0 Å². The highest BCUT2D eigenvalue weighted by Gasteiger charge is 2.22. The van der Waals surface area contributed by atoms with Crippen LogP contribution in [0.3, 0.4) is 0 Å². The van der Waals surface area contributed by atoms with Crippen LogP contribution in [-0.2, 0) is 17.7 Å². The van der Waals surface area contributed by atoms with Gasteiger partial charge >= 0.3 is 6.09 Å². The number of H-pyrrole nitrogens is 1. The molecule has 0 radical (unpaired) electrons. The van der Waals surface area contributed by atoms with Crippen LogP contribution in [-0.4, -0.2) is 31.4 Å². The summed E-state index contributed by atoms with van der Waals surface area (Å²) in [7, 11) is 0. The van der Waals surface area contributed by atoms with E-state index in [1.54, 1.807) is 52.1 Å². The average molecular weight is 418 g/mol. The standard InChI is InChI=1S/C20H24ClN5O3/c1-12(23-19(28)29-20(2,3)4)17-24-15-7-5-6-14(21)16(15)18(27)26(17)11-9-13-8-10-22-25-13/h5-8,10,12H,9,11H2,1-4H3,(H,22,25)(H,23,28)/t12-/m0/s1. The van der Waals surface area contributed by atoms with Gasteiger partial charge in [-0.3, -0.25) is 14.5 Å². The van der Waals surface area contributed by atoms with Gasteiger partial charge in [-0.05, 0) is 45.9 Å². The summed E-state index contributed by atoms with van der Waals surface area (Å²) < 4.78 is 6.86. The first-order valence-corrected chi connectivity index (χ1v) is 9.70. The number of nitrogens with zero attached hydrogens (tertiary/aromatic N) is 3. The predicted octanol–water partition coefficient (Wildman–Crippen LogP) is 3.60. The first-order chi connectivity index (χ1) is 13.7. The Labute approximate surface area is 173 Å². The van der Waals surface area contributed by atoms with Crippen molar-refractivity contribution in [3.8, 4) is 0 Å². The topological polar surface area (TPSA) is 102 Å². The van der Waals surface area contributed by atoms with E-state index in [2.05, 4.69) is 20.5 Å². The molecular weight excluding hydrogens is 394 g/mol. The Morgan fingerprint density at radius 1 is 1.34 bits per heavy atom. The van der Waals surface area contributed by atoms with Crippen molar-refractivity contribution < 1.29 is 9.53 Å². The zero-order valence-electron chi connectivity index (χ0n) is 16.8. The fourth-order valence-electron chi connectivity index (χ4n) is 2.99. The number of aromatic nitrogens is 4. The summed E-state index contributed by atoms with van der Waals surface area (Å²) in [5.41, 5.74) is 0.477. The lowest BCUT2D eigenvalue weighted by Gasteiger charge is -2.23. The van der Waals surface area contributed by atoms with Crippen molar-refractivity contribution >= 4 is 28.6 Å². The number of aryl methyl sites for hydroxylation is 1. The van der Waals surface area contributed by atoms with E-state index in [0.29, 0.717) is 34.7 Å². The number of amides is 1. The van der Waals surface area contributed by atoms with Gasteiger partial charge in [-0.15, -0.1) is 0 Å². The largest absolute Gasteiger partial charge is 0.444 e. The van der Waals surface area contributed by atoms with Gasteiger partial charge in [0.15, 0.2) is 0 Å². The number of alkyl carbamates (subject to hydrolysis) is 1. The van der Waals surface area contributed by atoms with Gasteiger partial charge in [0, 0.05) is 24.9 Å². The van der Waals surface area contributed by atoms with Gasteiger partial charge in [-0.25, -0.2) is 9.78 Å². The Morgan fingerprint density at radius 3 is 2.76 bits per heavy atom. The third-order valence-corrected chi connectivity index (χ3v) is 4.56. The van der Waals surface area contributed by atoms with Crippen molar-refractivity contribution in [2.75, 3.05) is 0 Å². The fourth-order valence-corrected chi connectivity index (χ4v) is 3.24. The molecule has 2 N–H and O–H groups in total. The van der Waals surface area contributed by atoms with E-state index in [-0.39, 0.29) is 5.56 Å². The highest BCUT2D eigenvalue weighted by Crippen LogP contribution is 2.21. The van der Waals surface area contributed by atoms with E-state index in [1.165, 1.54) is 4.57 Å². The summed E-state index contributed by atoms with van der Waals surface area (Å²) in [4.78, 5) is 30.1. The summed E-state index contributed by atoms with van der Waals surface area (Å²) in [6.07, 6.45) is 1.62. The molecule has 0 aliphatic carbocycles. The molecule has 0 saturated heterocycles. The Balaban J connectivity index is 2.00. The molecule has 1 aromatic carbocycles. The lowest BCUT2D eigenvalue weighted by molar-refractivity contribution is 0.0504. The van der Waals surface area contributed by atoms with Crippen LogP contribution < -0.4 is 10.9 Å². The summed E-state index contributed by atoms with van der Waals surface area (Å²) in [5.74, 6) is 0.426. The predicted molar refractivity (Wildman–Crippen MR) is 111 cm³/mol. The number of carbonyl (C=O) groups excluding carboxylic acids is 1. The first-order valence-electron chi connectivity index (χ1n) is 9.32. The highest BCUT2D eigenvalue weighted by atomic mass is 35.5. The molecule has 0 saturated carbocycles. The summed E-state index contributed by atoms with van der Waals surface area (Å²) >= 11 is 6.26. The first kappa shape index (κ1) is 20.9. The van der Waals surface area contributed by atoms with Crippen molar-refractivity contribution in [3.05, 3.63) is 57.4 Å². The lowest BCUT2D eigenvalue weighted by atomic mass is 10.2. The van der Waals surface area contributed by atoms with E-state index in [4.69, 9.17) is 16.3 Å². The maximum atomic E-state index is 13.2. The van der Waals surface area contributed by atoms with Crippen LogP contribution in [0.2, 0.25) is 5.02 Å². The van der Waals surface area contributed by atoms with Crippen LogP contribution in [0, 0.1) is 0 Å². The van der Waals surface area contributed by atoms with Gasteiger partial charge in [-0.2, -0.15) is 5.10 Å². The molecule has 154 valence electrons. The average Bonchev–Trinajstić information content (AvgIpc) is 3.12. The lowest BCUT2D eigenvalue weighted by Crippen LogP contribution is -2.37. The number of rotatable bonds is 5. The number of fused-ring (bicyclic) bond motifs is 1. The van der Waals surface area contributed by atoms with Crippen molar-refractivity contribution in [2.45, 2.75) is 52.3 Å². The van der Waals surface area contributed by atoms with Gasteiger partial charge in [0.05, 0.1) is 22.0 Å². The monoisotopic (exact) mass is 417 g/mol. The van der Waals surface area contributed by atoms with Crippen LogP contribution in [0.15, 0.2) is 35.3 Å². The number of halogens is 1. The molecule has 0 spiro atoms. The van der Waals surface area contributed by atoms with E-state index in [9.17, 15) is 9.59 Å². The van der Waals surface area contributed by atoms with Crippen molar-refractivity contribution in [1.29, 1.82) is 0 Å². The molecule has 3 aromatic rings. The molecule has 8 nitrogen and oxygen atoms in total. The Morgan fingerprint density at radius 2 is 2.10 bits per heavy atom. The Bertz CT molecular complexity index is 1070. The quantitative estimate of drug-likeness (QED) is 0.660. The fraction of sp³-hybridized carbons (Fsp3) is 0.400. The molecule has 29 heavy (non-hydrogen) atoms. The third kappa shape index (κ3) is 4.95. The van der Waals surface area contributed by atoms with Crippen molar-refractivity contribution in [2.24, 2.45) is 0 Å². The third-order valence-electron chi connectivity index (χ3n) is 4.25. The number of hydrogen-bond acceptors (Lipinski definition) is 5. The molecule has 1 amide bonds. The minimum atomic E-state index is -0.631. The number of benzene rings is 1. The van der Waals surface area contributed by atoms with Crippen LogP contribution in [0.4, 0.5) is 4.79 Å². The molecule has 0 bridgehead atoms. The van der Waals surface area contributed by atoms with Crippen LogP contribution in [0.25, 0.3) is 10.9 Å². The number of carbonyl (C=O) groups is 1. The number of aromatic amines is 1. The summed E-state index contributed by atoms with van der Waals surface area (Å²) in [5, 5.41) is 10.3. The van der Waals surface area contributed by atoms with Crippen molar-refractivity contribution in [1.82, 2.24) is 25.1 Å². The van der Waals surface area contributed by atoms with Gasteiger partial charge in [0.2, 0.25) is 0 Å². The van der Waals surface area contributed by atoms with Gasteiger partial charge < -0.3 is 10.1 Å². The molecule has 1 atom stereocenters. The molecule has 2 heterocycles. The maximum absolute atomic E-state index is 13.2. The molecular formula is C20H24ClN5O3. The minimum Gasteiger partial charge on any atom is -0.444 e. The smallest absolute Gasteiger partial charge is 0.408 e. The van der Waals surface area contributed by atoms with E-state index in [0.717, 1.165) is 5.69 Å². The maximum Gasteiger partial charge on any atom is 0.408 e. The molecule has 2 aromatic heterocycles. The van der Waals surface area contributed by atoms with Gasteiger partial charge in [0.1, 0.15) is 11.4 Å². The van der Waals surface area contributed by atoms with Gasteiger partial charge in [0.25, 0.3) is 5.56 Å². The Kier molecular flexibility index (Phi) is 5.93. The highest BCUT2D eigenvalue weighted by molar-refractivity contribution is 6.35. The molecule has 0 aliphatic rings. The number of hydrogen-bond donors (Lipinski definition) is 2. The number of ether oxygens (including phenoxy) is 1. The molecule has 9 heteroatoms. The van der Waals surface area contributed by atoms with Crippen LogP contribution in [0.5, 0.6) is 0 Å². The Hall–Kier alpha value is -2.87. The second kappa shape index (κ2) is 8.24. The SMILES string of the molecule is C[C@H](NC(=O)OC(C)(C)C)c1nc2cccc(Cl)c2c(=O)n1CCc1ccn[nH]1. The zero-order chi connectivity index (χ0) is 21.2. The van der Waals surface area contributed by atoms with Gasteiger partial charge in [-0.1, -0.05) is 17.7 Å². The molecule has 0 fully saturated rings. The summed E-state index contributed by atoms with van der Waals surface area (Å²) in [6.45, 7) is 7.47. The zero-order valence-corrected chi connectivity index (χ0v) is 17.6. The minimum absolute atomic E-state index is 0.257. The van der Waals surface area contributed by atoms with E-state index >= 15 is 0 Å². The molecule has 0 aliphatic heterocycles. The van der Waals surface area contributed by atoms with Crippen LogP contribution >= 0.6 is 11.6 Å². The second-order valence-electron chi connectivity index (χ2n) is 7.76.